The second-order valence-corrected chi connectivity index (χ2v) is 9.39. The molecule has 7 heteroatoms. The van der Waals surface area contributed by atoms with E-state index in [-0.39, 0.29) is 11.9 Å². The lowest BCUT2D eigenvalue weighted by Gasteiger charge is -2.44. The summed E-state index contributed by atoms with van der Waals surface area (Å²) in [6.07, 6.45) is 3.30. The van der Waals surface area contributed by atoms with E-state index in [1.165, 1.54) is 12.1 Å². The number of carbonyl (C=O) groups is 1. The molecule has 1 atom stereocenters. The summed E-state index contributed by atoms with van der Waals surface area (Å²) in [5.41, 5.74) is 9.21. The summed E-state index contributed by atoms with van der Waals surface area (Å²) in [6, 6.07) is 13.1. The van der Waals surface area contributed by atoms with Crippen molar-refractivity contribution < 1.29 is 13.6 Å². The van der Waals surface area contributed by atoms with Crippen molar-refractivity contribution in [2.75, 3.05) is 30.3 Å². The van der Waals surface area contributed by atoms with Gasteiger partial charge in [0.1, 0.15) is 11.6 Å². The van der Waals surface area contributed by atoms with Gasteiger partial charge in [-0.1, -0.05) is 45.0 Å². The number of nitrogens with two attached hydrogens (primary N) is 1. The molecule has 172 valence electrons. The molecular weight excluding hydrogens is 422 g/mol. The lowest BCUT2D eigenvalue weighted by molar-refractivity contribution is -0.140. The van der Waals surface area contributed by atoms with Crippen LogP contribution in [0.4, 0.5) is 20.2 Å². The third-order valence-electron chi connectivity index (χ3n) is 5.99. The van der Waals surface area contributed by atoms with Gasteiger partial charge >= 0.3 is 0 Å². The maximum atomic E-state index is 14.7. The maximum Gasteiger partial charge on any atom is 0.228 e. The predicted molar refractivity (Wildman–Crippen MR) is 127 cm³/mol. The predicted octanol–water partition coefficient (Wildman–Crippen LogP) is 5.05. The summed E-state index contributed by atoms with van der Waals surface area (Å²) in [5.74, 6) is -1.18. The van der Waals surface area contributed by atoms with Crippen molar-refractivity contribution in [2.24, 2.45) is 5.41 Å². The Hall–Kier alpha value is -3.48. The topological polar surface area (TPSA) is 62.5 Å². The Morgan fingerprint density at radius 1 is 1.06 bits per heavy atom. The van der Waals surface area contributed by atoms with Crippen LogP contribution in [0.2, 0.25) is 0 Å². The molecular formula is C26H28F2N4O. The summed E-state index contributed by atoms with van der Waals surface area (Å²) < 4.78 is 28.3. The van der Waals surface area contributed by atoms with Crippen molar-refractivity contribution in [3.05, 3.63) is 78.1 Å². The summed E-state index contributed by atoms with van der Waals surface area (Å²) in [5, 5.41) is 0. The summed E-state index contributed by atoms with van der Waals surface area (Å²) in [7, 11) is 0. The van der Waals surface area contributed by atoms with Crippen LogP contribution in [0.3, 0.4) is 0 Å². The first-order valence-electron chi connectivity index (χ1n) is 11.0. The van der Waals surface area contributed by atoms with E-state index in [0.717, 1.165) is 22.8 Å². The Morgan fingerprint density at radius 2 is 1.79 bits per heavy atom. The summed E-state index contributed by atoms with van der Waals surface area (Å²) >= 11 is 0. The van der Waals surface area contributed by atoms with Crippen molar-refractivity contribution in [3.8, 4) is 11.1 Å². The SMILES string of the molecule is CC(C)(C)C(=O)N1CCN(c2ccc(F)cc2F)[C@H](c2ccc(-c3ccncc3N)cc2)C1. The first-order chi connectivity index (χ1) is 15.6. The van der Waals surface area contributed by atoms with E-state index in [2.05, 4.69) is 4.98 Å². The monoisotopic (exact) mass is 450 g/mol. The molecule has 5 nitrogen and oxygen atoms in total. The molecule has 1 amide bonds. The number of aromatic nitrogens is 1. The molecule has 2 heterocycles. The number of nitrogen functional groups attached to an aromatic ring is 1. The van der Waals surface area contributed by atoms with Gasteiger partial charge in [0.25, 0.3) is 0 Å². The molecule has 0 unspecified atom stereocenters. The molecule has 0 bridgehead atoms. The fraction of sp³-hybridized carbons (Fsp3) is 0.308. The lowest BCUT2D eigenvalue weighted by atomic mass is 9.92. The molecule has 1 saturated heterocycles. The zero-order chi connectivity index (χ0) is 23.8. The van der Waals surface area contributed by atoms with Crippen molar-refractivity contribution in [1.29, 1.82) is 0 Å². The number of nitrogens with zero attached hydrogens (tertiary/aromatic N) is 3. The highest BCUT2D eigenvalue weighted by Crippen LogP contribution is 2.35. The highest BCUT2D eigenvalue weighted by atomic mass is 19.1. The van der Waals surface area contributed by atoms with Crippen LogP contribution in [0, 0.1) is 17.0 Å². The van der Waals surface area contributed by atoms with E-state index < -0.39 is 17.0 Å². The summed E-state index contributed by atoms with van der Waals surface area (Å²) in [6.45, 7) is 6.99. The minimum Gasteiger partial charge on any atom is -0.397 e. The first kappa shape index (κ1) is 22.7. The van der Waals surface area contributed by atoms with Crippen LogP contribution in [0.15, 0.2) is 60.9 Å². The minimum atomic E-state index is -0.617. The van der Waals surface area contributed by atoms with E-state index >= 15 is 0 Å². The van der Waals surface area contributed by atoms with Crippen LogP contribution < -0.4 is 10.6 Å². The number of rotatable bonds is 3. The standard InChI is InChI=1S/C26H28F2N4O/c1-26(2,3)25(33)31-12-13-32(23-9-8-19(27)14-21(23)28)24(16-31)18-6-4-17(5-7-18)20-10-11-30-15-22(20)29/h4-11,14-15,24H,12-13,16,29H2,1-3H3/t24-/m0/s1. The molecule has 0 saturated carbocycles. The van der Waals surface area contributed by atoms with E-state index in [0.29, 0.717) is 31.0 Å². The molecule has 1 aromatic heterocycles. The van der Waals surface area contributed by atoms with Crippen LogP contribution in [-0.2, 0) is 4.79 Å². The van der Waals surface area contributed by atoms with Crippen LogP contribution in [0.1, 0.15) is 32.4 Å². The van der Waals surface area contributed by atoms with Gasteiger partial charge in [-0.15, -0.1) is 0 Å². The zero-order valence-electron chi connectivity index (χ0n) is 19.1. The molecule has 3 aromatic rings. The van der Waals surface area contributed by atoms with Gasteiger partial charge in [-0.25, -0.2) is 8.78 Å². The number of piperazine rings is 1. The van der Waals surface area contributed by atoms with Crippen molar-refractivity contribution in [3.63, 3.8) is 0 Å². The number of benzene rings is 2. The molecule has 33 heavy (non-hydrogen) atoms. The molecule has 1 aliphatic heterocycles. The third kappa shape index (κ3) is 4.67. The Balaban J connectivity index is 1.70. The van der Waals surface area contributed by atoms with E-state index in [1.54, 1.807) is 12.4 Å². The van der Waals surface area contributed by atoms with Gasteiger partial charge in [-0.05, 0) is 29.3 Å². The Morgan fingerprint density at radius 3 is 2.42 bits per heavy atom. The zero-order valence-corrected chi connectivity index (χ0v) is 19.1. The van der Waals surface area contributed by atoms with Gasteiger partial charge in [0, 0.05) is 42.9 Å². The smallest absolute Gasteiger partial charge is 0.228 e. The number of halogens is 2. The van der Waals surface area contributed by atoms with Gasteiger partial charge in [0.2, 0.25) is 5.91 Å². The molecule has 0 radical (unpaired) electrons. The normalized spacial score (nSPS) is 16.7. The average molecular weight is 451 g/mol. The fourth-order valence-electron chi connectivity index (χ4n) is 4.28. The Kier molecular flexibility index (Phi) is 6.06. The van der Waals surface area contributed by atoms with Crippen molar-refractivity contribution in [1.82, 2.24) is 9.88 Å². The number of hydrogen-bond donors (Lipinski definition) is 1. The lowest BCUT2D eigenvalue weighted by Crippen LogP contribution is -2.53. The van der Waals surface area contributed by atoms with Gasteiger partial charge in [-0.2, -0.15) is 0 Å². The first-order valence-corrected chi connectivity index (χ1v) is 11.0. The van der Waals surface area contributed by atoms with Crippen LogP contribution in [0.5, 0.6) is 0 Å². The Bertz CT molecular complexity index is 1160. The number of hydrogen-bond acceptors (Lipinski definition) is 4. The number of pyridine rings is 1. The van der Waals surface area contributed by atoms with Crippen LogP contribution in [0.25, 0.3) is 11.1 Å². The van der Waals surface area contributed by atoms with Gasteiger partial charge in [0.05, 0.1) is 23.6 Å². The van der Waals surface area contributed by atoms with E-state index in [1.807, 2.05) is 60.9 Å². The van der Waals surface area contributed by atoms with E-state index in [4.69, 9.17) is 5.73 Å². The summed E-state index contributed by atoms with van der Waals surface area (Å²) in [4.78, 5) is 20.8. The van der Waals surface area contributed by atoms with Crippen molar-refractivity contribution >= 4 is 17.3 Å². The highest BCUT2D eigenvalue weighted by molar-refractivity contribution is 5.82. The van der Waals surface area contributed by atoms with E-state index in [9.17, 15) is 13.6 Å². The Labute approximate surface area is 192 Å². The third-order valence-corrected chi connectivity index (χ3v) is 5.99. The molecule has 4 rings (SSSR count). The van der Waals surface area contributed by atoms with Gasteiger partial charge in [0.15, 0.2) is 0 Å². The molecule has 0 spiro atoms. The van der Waals surface area contributed by atoms with Gasteiger partial charge in [-0.3, -0.25) is 9.78 Å². The molecule has 2 N–H and O–H groups in total. The van der Waals surface area contributed by atoms with Crippen molar-refractivity contribution in [2.45, 2.75) is 26.8 Å². The number of amides is 1. The maximum absolute atomic E-state index is 14.7. The quantitative estimate of drug-likeness (QED) is 0.607. The highest BCUT2D eigenvalue weighted by Gasteiger charge is 2.35. The number of carbonyl (C=O) groups excluding carboxylic acids is 1. The van der Waals surface area contributed by atoms with Crippen LogP contribution in [-0.4, -0.2) is 35.4 Å². The average Bonchev–Trinajstić information content (AvgIpc) is 2.78. The second kappa shape index (κ2) is 8.81. The van der Waals surface area contributed by atoms with Crippen LogP contribution >= 0.6 is 0 Å². The second-order valence-electron chi connectivity index (χ2n) is 9.39. The van der Waals surface area contributed by atoms with Gasteiger partial charge < -0.3 is 15.5 Å². The molecule has 1 fully saturated rings. The number of anilines is 2. The fourth-order valence-corrected chi connectivity index (χ4v) is 4.28. The molecule has 1 aliphatic rings. The molecule has 0 aliphatic carbocycles. The minimum absolute atomic E-state index is 0.0490. The largest absolute Gasteiger partial charge is 0.397 e. The molecule has 2 aromatic carbocycles.